The lowest BCUT2D eigenvalue weighted by Gasteiger charge is -2.12. The Balaban J connectivity index is 1.78. The smallest absolute Gasteiger partial charge is 0.341 e. The number of benzene rings is 2. The zero-order valence-corrected chi connectivity index (χ0v) is 22.0. The quantitative estimate of drug-likeness (QED) is 0.117. The Morgan fingerprint density at radius 2 is 1.87 bits per heavy atom. The summed E-state index contributed by atoms with van der Waals surface area (Å²) in [6, 6.07) is 12.8. The number of anilines is 1. The predicted octanol–water partition coefficient (Wildman–Crippen LogP) is 5.58. The van der Waals surface area contributed by atoms with Gasteiger partial charge in [-0.1, -0.05) is 6.07 Å². The number of carbonyl (C=O) groups is 2. The Kier molecular flexibility index (Phi) is 9.18. The van der Waals surface area contributed by atoms with Crippen LogP contribution in [0.25, 0.3) is 6.08 Å². The second-order valence-corrected chi connectivity index (χ2v) is 9.18. The summed E-state index contributed by atoms with van der Waals surface area (Å²) in [6.07, 6.45) is 1.40. The number of thiophene rings is 1. The van der Waals surface area contributed by atoms with Gasteiger partial charge < -0.3 is 19.5 Å². The summed E-state index contributed by atoms with van der Waals surface area (Å²) in [7, 11) is 1.46. The topological polar surface area (TPSA) is 141 Å². The summed E-state index contributed by atoms with van der Waals surface area (Å²) < 4.78 is 16.3. The molecule has 0 saturated carbocycles. The van der Waals surface area contributed by atoms with Crippen LogP contribution in [0.3, 0.4) is 0 Å². The third-order valence-corrected chi connectivity index (χ3v) is 6.62. The number of nitro benzene ring substituents is 1. The average molecular weight is 536 g/mol. The summed E-state index contributed by atoms with van der Waals surface area (Å²) in [5.74, 6) is -0.431. The molecule has 0 atom stereocenters. The number of ether oxygens (including phenoxy) is 3. The monoisotopic (exact) mass is 535 g/mol. The van der Waals surface area contributed by atoms with E-state index in [9.17, 15) is 25.0 Å². The number of rotatable bonds is 10. The highest BCUT2D eigenvalue weighted by atomic mass is 32.1. The van der Waals surface area contributed by atoms with E-state index in [1.165, 1.54) is 36.7 Å². The van der Waals surface area contributed by atoms with E-state index in [-0.39, 0.29) is 30.0 Å². The molecule has 1 amide bonds. The lowest BCUT2D eigenvalue weighted by atomic mass is 10.1. The number of hydrogen-bond donors (Lipinski definition) is 1. The van der Waals surface area contributed by atoms with Gasteiger partial charge in [0.1, 0.15) is 23.3 Å². The SMILES string of the molecule is CCOC(=O)c1c(NC(=O)/C(C#N)=C/c2ccc(OCc3ccc([N+](=O)[O-])cc3)c(OC)c2)sc(C)c1C. The molecule has 11 heteroatoms. The van der Waals surface area contributed by atoms with Crippen LogP contribution in [0.15, 0.2) is 48.0 Å². The first-order chi connectivity index (χ1) is 18.2. The molecule has 1 heterocycles. The molecular formula is C27H25N3O7S. The first-order valence-electron chi connectivity index (χ1n) is 11.4. The maximum Gasteiger partial charge on any atom is 0.341 e. The van der Waals surface area contributed by atoms with Crippen molar-refractivity contribution in [3.8, 4) is 17.6 Å². The molecular weight excluding hydrogens is 510 g/mol. The van der Waals surface area contributed by atoms with Gasteiger partial charge in [0.15, 0.2) is 11.5 Å². The molecule has 3 aromatic rings. The number of carbonyl (C=O) groups excluding carboxylic acids is 2. The fourth-order valence-electron chi connectivity index (χ4n) is 3.42. The van der Waals surface area contributed by atoms with Crippen molar-refractivity contribution in [2.24, 2.45) is 0 Å². The fourth-order valence-corrected chi connectivity index (χ4v) is 4.46. The first-order valence-corrected chi connectivity index (χ1v) is 12.2. The lowest BCUT2D eigenvalue weighted by Crippen LogP contribution is -2.16. The van der Waals surface area contributed by atoms with Gasteiger partial charge >= 0.3 is 5.97 Å². The molecule has 0 radical (unpaired) electrons. The molecule has 0 fully saturated rings. The van der Waals surface area contributed by atoms with Crippen molar-refractivity contribution in [2.45, 2.75) is 27.4 Å². The molecule has 1 N–H and O–H groups in total. The van der Waals surface area contributed by atoms with E-state index in [4.69, 9.17) is 14.2 Å². The molecule has 38 heavy (non-hydrogen) atoms. The molecule has 2 aromatic carbocycles. The van der Waals surface area contributed by atoms with Crippen molar-refractivity contribution >= 4 is 40.0 Å². The minimum absolute atomic E-state index is 0.0127. The second-order valence-electron chi connectivity index (χ2n) is 7.95. The molecule has 0 aliphatic carbocycles. The van der Waals surface area contributed by atoms with Gasteiger partial charge in [-0.3, -0.25) is 14.9 Å². The molecule has 0 aliphatic rings. The zero-order chi connectivity index (χ0) is 27.8. The number of amides is 1. The molecule has 196 valence electrons. The zero-order valence-electron chi connectivity index (χ0n) is 21.2. The molecule has 0 aliphatic heterocycles. The fraction of sp³-hybridized carbons (Fsp3) is 0.222. The normalized spacial score (nSPS) is 10.9. The molecule has 1 aromatic heterocycles. The van der Waals surface area contributed by atoms with Gasteiger partial charge in [0, 0.05) is 17.0 Å². The first kappa shape index (κ1) is 27.9. The van der Waals surface area contributed by atoms with Crippen LogP contribution in [0.5, 0.6) is 11.5 Å². The number of esters is 1. The Hall–Kier alpha value is -4.69. The van der Waals surface area contributed by atoms with E-state index in [0.717, 1.165) is 10.4 Å². The van der Waals surface area contributed by atoms with Crippen molar-refractivity contribution in [2.75, 3.05) is 19.0 Å². The Labute approximate surface area is 223 Å². The highest BCUT2D eigenvalue weighted by molar-refractivity contribution is 7.16. The molecule has 10 nitrogen and oxygen atoms in total. The largest absolute Gasteiger partial charge is 0.493 e. The van der Waals surface area contributed by atoms with Crippen LogP contribution in [-0.2, 0) is 16.1 Å². The molecule has 0 saturated heterocycles. The highest BCUT2D eigenvalue weighted by Crippen LogP contribution is 2.34. The van der Waals surface area contributed by atoms with E-state index in [2.05, 4.69) is 5.32 Å². The minimum Gasteiger partial charge on any atom is -0.493 e. The van der Waals surface area contributed by atoms with E-state index in [0.29, 0.717) is 27.6 Å². The molecule has 0 bridgehead atoms. The average Bonchev–Trinajstić information content (AvgIpc) is 3.18. The van der Waals surface area contributed by atoms with Crippen molar-refractivity contribution < 1.29 is 28.7 Å². The van der Waals surface area contributed by atoms with Gasteiger partial charge in [-0.25, -0.2) is 4.79 Å². The van der Waals surface area contributed by atoms with Gasteiger partial charge in [-0.2, -0.15) is 5.26 Å². The third kappa shape index (κ3) is 6.54. The van der Waals surface area contributed by atoms with Crippen LogP contribution in [0.4, 0.5) is 10.7 Å². The van der Waals surface area contributed by atoms with Gasteiger partial charge in [0.25, 0.3) is 11.6 Å². The van der Waals surface area contributed by atoms with Crippen molar-refractivity contribution in [3.05, 3.63) is 85.3 Å². The van der Waals surface area contributed by atoms with Crippen LogP contribution in [0.1, 0.15) is 38.8 Å². The second kappa shape index (κ2) is 12.5. The van der Waals surface area contributed by atoms with E-state index < -0.39 is 16.8 Å². The predicted molar refractivity (Wildman–Crippen MR) is 142 cm³/mol. The molecule has 3 rings (SSSR count). The number of methoxy groups -OCH3 is 1. The molecule has 0 unspecified atom stereocenters. The van der Waals surface area contributed by atoms with Crippen molar-refractivity contribution in [1.29, 1.82) is 5.26 Å². The maximum atomic E-state index is 12.9. The Bertz CT molecular complexity index is 1440. The van der Waals surface area contributed by atoms with E-state index >= 15 is 0 Å². The summed E-state index contributed by atoms with van der Waals surface area (Å²) in [4.78, 5) is 36.5. The molecule has 0 spiro atoms. The van der Waals surface area contributed by atoms with Gasteiger partial charge in [-0.05, 0) is 67.8 Å². The highest BCUT2D eigenvalue weighted by Gasteiger charge is 2.23. The number of non-ortho nitro benzene ring substituents is 1. The van der Waals surface area contributed by atoms with E-state index in [1.807, 2.05) is 13.0 Å². The van der Waals surface area contributed by atoms with Crippen LogP contribution >= 0.6 is 11.3 Å². The summed E-state index contributed by atoms with van der Waals surface area (Å²) in [6.45, 7) is 5.64. The summed E-state index contributed by atoms with van der Waals surface area (Å²) in [5.41, 5.74) is 2.04. The van der Waals surface area contributed by atoms with Crippen molar-refractivity contribution in [1.82, 2.24) is 0 Å². The summed E-state index contributed by atoms with van der Waals surface area (Å²) in [5, 5.41) is 23.4. The van der Waals surface area contributed by atoms with Crippen LogP contribution < -0.4 is 14.8 Å². The van der Waals surface area contributed by atoms with Gasteiger partial charge in [0.2, 0.25) is 0 Å². The lowest BCUT2D eigenvalue weighted by molar-refractivity contribution is -0.384. The number of nitro groups is 1. The standard InChI is InChI=1S/C27H25N3O7S/c1-5-36-27(32)24-16(2)17(3)38-26(24)29-25(31)20(14-28)12-19-8-11-22(23(13-19)35-4)37-15-18-6-9-21(10-7-18)30(33)34/h6-13H,5,15H2,1-4H3,(H,29,31)/b20-12+. The van der Waals surface area contributed by atoms with Crippen molar-refractivity contribution in [3.63, 3.8) is 0 Å². The number of nitrogens with zero attached hydrogens (tertiary/aromatic N) is 2. The number of nitriles is 1. The van der Waals surface area contributed by atoms with Crippen LogP contribution in [0.2, 0.25) is 0 Å². The van der Waals surface area contributed by atoms with Crippen LogP contribution in [0, 0.1) is 35.3 Å². The third-order valence-electron chi connectivity index (χ3n) is 5.50. The van der Waals surface area contributed by atoms with Crippen LogP contribution in [-0.4, -0.2) is 30.5 Å². The number of hydrogen-bond acceptors (Lipinski definition) is 9. The maximum absolute atomic E-state index is 12.9. The summed E-state index contributed by atoms with van der Waals surface area (Å²) >= 11 is 1.23. The Morgan fingerprint density at radius 1 is 1.16 bits per heavy atom. The van der Waals surface area contributed by atoms with E-state index in [1.54, 1.807) is 44.2 Å². The minimum atomic E-state index is -0.670. The number of nitrogens with one attached hydrogen (secondary N) is 1. The number of aryl methyl sites for hydroxylation is 1. The Morgan fingerprint density at radius 3 is 2.47 bits per heavy atom. The van der Waals surface area contributed by atoms with Gasteiger partial charge in [0.05, 0.1) is 24.2 Å². The van der Waals surface area contributed by atoms with Gasteiger partial charge in [-0.15, -0.1) is 11.3 Å².